The molecule has 14 heteroatoms. The molecule has 0 aromatic rings. The van der Waals surface area contributed by atoms with E-state index in [2.05, 4.69) is 26.8 Å². The molecular weight excluding hydrogens is 716 g/mol. The average molecular weight is 783 g/mol. The molecule has 4 saturated carbocycles. The normalized spacial score (nSPS) is 54.9. The fraction of sp³-hybridized carbons (Fsp3) is 0.927. The molecule has 0 aromatic carbocycles. The summed E-state index contributed by atoms with van der Waals surface area (Å²) in [4.78, 5) is 14.6. The van der Waals surface area contributed by atoms with E-state index in [1.807, 2.05) is 20.8 Å². The Morgan fingerprint density at radius 1 is 0.782 bits per heavy atom. The van der Waals surface area contributed by atoms with Crippen molar-refractivity contribution in [3.8, 4) is 0 Å². The highest BCUT2D eigenvalue weighted by atomic mass is 16.7. The molecule has 6 fully saturated rings. The molecule has 0 radical (unpaired) electrons. The summed E-state index contributed by atoms with van der Waals surface area (Å²) in [6.07, 6.45) is -6.32. The molecular formula is C41H66O14. The topological polar surface area (TPSA) is 236 Å². The number of hydrogen-bond donors (Lipinski definition) is 9. The lowest BCUT2D eigenvalue weighted by Crippen LogP contribution is -2.68. The van der Waals surface area contributed by atoms with Crippen molar-refractivity contribution >= 4 is 5.97 Å². The van der Waals surface area contributed by atoms with Crippen LogP contribution in [0, 0.1) is 50.2 Å². The zero-order chi connectivity index (χ0) is 40.3. The zero-order valence-electron chi connectivity index (χ0n) is 33.2. The van der Waals surface area contributed by atoms with Gasteiger partial charge in [-0.25, -0.2) is 0 Å². The maximum absolute atomic E-state index is 14.6. The van der Waals surface area contributed by atoms with Gasteiger partial charge in [0.05, 0.1) is 37.4 Å². The van der Waals surface area contributed by atoms with E-state index >= 15 is 0 Å². The third kappa shape index (κ3) is 5.97. The summed E-state index contributed by atoms with van der Waals surface area (Å²) in [5, 5.41) is 95.7. The van der Waals surface area contributed by atoms with Crippen LogP contribution in [0.15, 0.2) is 11.6 Å². The second-order valence-electron chi connectivity index (χ2n) is 20.0. The summed E-state index contributed by atoms with van der Waals surface area (Å²) in [6, 6.07) is 0. The Kier molecular flexibility index (Phi) is 10.8. The SMILES string of the molecule is CC1(C)CC[C@]2(C(=O)O[C@@H]3O[C@H](CO)[C@@H](O)[C@H](O)[C@H]3O)CC[C@]3(C)C(=CC[C@@H]4[C@@]5(C)CC[C@H](O[C@@H]6OC[C@H](O)[C@H](O)[C@H]6O)[C@@](C)(CO)[C@@H]5CC[C@]43C)[C@@H]2[C@@H]1O. The number of allylic oxidation sites excluding steroid dienone is 1. The Bertz CT molecular complexity index is 1490. The van der Waals surface area contributed by atoms with Gasteiger partial charge in [-0.1, -0.05) is 53.2 Å². The summed E-state index contributed by atoms with van der Waals surface area (Å²) >= 11 is 0. The van der Waals surface area contributed by atoms with Crippen LogP contribution in [0.3, 0.4) is 0 Å². The number of aliphatic hydroxyl groups excluding tert-OH is 9. The molecule has 19 atom stereocenters. The van der Waals surface area contributed by atoms with Crippen LogP contribution in [0.4, 0.5) is 0 Å². The third-order valence-electron chi connectivity index (χ3n) is 17.2. The number of esters is 1. The van der Waals surface area contributed by atoms with E-state index in [0.29, 0.717) is 38.5 Å². The number of carbonyl (C=O) groups is 1. The maximum Gasteiger partial charge on any atom is 0.315 e. The molecule has 7 aliphatic rings. The molecule has 5 aliphatic carbocycles. The highest BCUT2D eigenvalue weighted by Crippen LogP contribution is 2.76. The number of ether oxygens (including phenoxy) is 4. The molecule has 0 amide bonds. The molecule has 0 unspecified atom stereocenters. The second-order valence-corrected chi connectivity index (χ2v) is 20.0. The van der Waals surface area contributed by atoms with Crippen LogP contribution in [0.1, 0.15) is 99.3 Å². The lowest BCUT2D eigenvalue weighted by molar-refractivity contribution is -0.313. The van der Waals surface area contributed by atoms with E-state index < -0.39 is 108 Å². The van der Waals surface area contributed by atoms with E-state index in [1.165, 1.54) is 0 Å². The molecule has 0 spiro atoms. The molecule has 55 heavy (non-hydrogen) atoms. The molecule has 2 heterocycles. The first-order chi connectivity index (χ1) is 25.7. The second kappa shape index (κ2) is 14.2. The van der Waals surface area contributed by atoms with Crippen molar-refractivity contribution in [1.82, 2.24) is 0 Å². The Balaban J connectivity index is 1.20. The van der Waals surface area contributed by atoms with Crippen molar-refractivity contribution in [1.29, 1.82) is 0 Å². The van der Waals surface area contributed by atoms with Gasteiger partial charge >= 0.3 is 5.97 Å². The van der Waals surface area contributed by atoms with Gasteiger partial charge in [-0.05, 0) is 91.3 Å². The lowest BCUT2D eigenvalue weighted by atomic mass is 9.33. The maximum atomic E-state index is 14.6. The summed E-state index contributed by atoms with van der Waals surface area (Å²) in [6.45, 7) is 12.1. The van der Waals surface area contributed by atoms with Crippen molar-refractivity contribution in [3.63, 3.8) is 0 Å². The summed E-state index contributed by atoms with van der Waals surface area (Å²) in [5.41, 5.74) is -2.16. The van der Waals surface area contributed by atoms with E-state index in [1.54, 1.807) is 0 Å². The van der Waals surface area contributed by atoms with Gasteiger partial charge in [0.1, 0.15) is 42.7 Å². The number of carbonyl (C=O) groups excluding carboxylic acids is 1. The van der Waals surface area contributed by atoms with Crippen LogP contribution in [0.25, 0.3) is 0 Å². The van der Waals surface area contributed by atoms with Crippen molar-refractivity contribution in [2.75, 3.05) is 19.8 Å². The minimum atomic E-state index is -1.73. The predicted octanol–water partition coefficient (Wildman–Crippen LogP) is 0.899. The molecule has 14 nitrogen and oxygen atoms in total. The Hall–Kier alpha value is -1.27. The van der Waals surface area contributed by atoms with Crippen LogP contribution >= 0.6 is 0 Å². The van der Waals surface area contributed by atoms with Crippen LogP contribution in [-0.4, -0.2) is 139 Å². The summed E-state index contributed by atoms with van der Waals surface area (Å²) < 4.78 is 23.5. The fourth-order valence-electron chi connectivity index (χ4n) is 13.3. The first-order valence-corrected chi connectivity index (χ1v) is 20.5. The number of fused-ring (bicyclic) bond motifs is 7. The molecule has 0 aromatic heterocycles. The van der Waals surface area contributed by atoms with Crippen molar-refractivity contribution in [2.45, 2.75) is 167 Å². The minimum Gasteiger partial charge on any atom is -0.432 e. The zero-order valence-corrected chi connectivity index (χ0v) is 33.2. The predicted molar refractivity (Wildman–Crippen MR) is 194 cm³/mol. The number of rotatable bonds is 6. The Morgan fingerprint density at radius 3 is 2.13 bits per heavy atom. The smallest absolute Gasteiger partial charge is 0.315 e. The van der Waals surface area contributed by atoms with E-state index in [4.69, 9.17) is 18.9 Å². The van der Waals surface area contributed by atoms with Crippen molar-refractivity contribution in [3.05, 3.63) is 11.6 Å². The molecule has 2 saturated heterocycles. The summed E-state index contributed by atoms with van der Waals surface area (Å²) in [7, 11) is 0. The van der Waals surface area contributed by atoms with Gasteiger partial charge < -0.3 is 64.9 Å². The Labute approximate surface area is 323 Å². The van der Waals surface area contributed by atoms with E-state index in [9.17, 15) is 50.8 Å². The van der Waals surface area contributed by atoms with Crippen LogP contribution in [0.5, 0.6) is 0 Å². The number of hydrogen-bond acceptors (Lipinski definition) is 14. The first kappa shape index (κ1) is 41.9. The fourth-order valence-corrected chi connectivity index (χ4v) is 13.3. The molecule has 2 aliphatic heterocycles. The van der Waals surface area contributed by atoms with Crippen LogP contribution in [0.2, 0.25) is 0 Å². The van der Waals surface area contributed by atoms with Gasteiger partial charge in [0.2, 0.25) is 6.29 Å². The monoisotopic (exact) mass is 782 g/mol. The molecule has 0 bridgehead atoms. The highest BCUT2D eigenvalue weighted by Gasteiger charge is 2.71. The summed E-state index contributed by atoms with van der Waals surface area (Å²) in [5.74, 6) is -0.978. The lowest BCUT2D eigenvalue weighted by Gasteiger charge is -2.71. The standard InChI is InChI=1S/C41H66O14/c1-36(2)13-15-41(35(51)55-34-31(49)29(47)28(46)22(17-42)53-34)16-14-39(5)20(26(41)32(36)50)7-8-24-37(3)11-10-25(54-33-30(48)27(45)21(44)18-52-33)38(4,19-43)23(37)9-12-40(24,39)6/h7,21-34,42-50H,8-19H2,1-6H3/t21-,22+,23+,24+,25-,26+,27-,28+,29-,30+,31+,32-,33-,34-,37-,38-,39+,40+,41-/m0/s1. The molecule has 7 rings (SSSR count). The molecule has 9 N–H and O–H groups in total. The quantitative estimate of drug-likeness (QED) is 0.104. The third-order valence-corrected chi connectivity index (χ3v) is 17.2. The van der Waals surface area contributed by atoms with Gasteiger partial charge in [-0.2, -0.15) is 0 Å². The van der Waals surface area contributed by atoms with Gasteiger partial charge in [0.15, 0.2) is 6.29 Å². The van der Waals surface area contributed by atoms with Crippen molar-refractivity contribution < 1.29 is 69.7 Å². The number of aliphatic hydroxyl groups is 9. The van der Waals surface area contributed by atoms with Gasteiger partial charge in [-0.3, -0.25) is 4.79 Å². The van der Waals surface area contributed by atoms with Crippen LogP contribution < -0.4 is 0 Å². The largest absolute Gasteiger partial charge is 0.432 e. The van der Waals surface area contributed by atoms with Crippen molar-refractivity contribution in [2.24, 2.45) is 50.2 Å². The van der Waals surface area contributed by atoms with Gasteiger partial charge in [0.25, 0.3) is 0 Å². The Morgan fingerprint density at radius 2 is 1.45 bits per heavy atom. The van der Waals surface area contributed by atoms with E-state index in [-0.39, 0.29) is 35.9 Å². The van der Waals surface area contributed by atoms with E-state index in [0.717, 1.165) is 24.8 Å². The van der Waals surface area contributed by atoms with Gasteiger partial charge in [-0.15, -0.1) is 0 Å². The van der Waals surface area contributed by atoms with Crippen LogP contribution in [-0.2, 0) is 23.7 Å². The van der Waals surface area contributed by atoms with Gasteiger partial charge in [0, 0.05) is 11.3 Å². The average Bonchev–Trinajstić information content (AvgIpc) is 3.14. The minimum absolute atomic E-state index is 0.0482. The molecule has 314 valence electrons. The first-order valence-electron chi connectivity index (χ1n) is 20.5. The highest BCUT2D eigenvalue weighted by molar-refractivity contribution is 5.79.